The van der Waals surface area contributed by atoms with Gasteiger partial charge in [0.05, 0.1) is 10.4 Å². The zero-order valence-electron chi connectivity index (χ0n) is 10.8. The smallest absolute Gasteiger partial charge is 0.188 e. The number of aliphatic hydroxyl groups excluding tert-OH is 1. The van der Waals surface area contributed by atoms with E-state index in [0.717, 1.165) is 35.9 Å². The lowest BCUT2D eigenvalue weighted by Crippen LogP contribution is -2.29. The molecule has 1 N–H and O–H groups in total. The van der Waals surface area contributed by atoms with Crippen molar-refractivity contribution in [1.29, 1.82) is 0 Å². The second kappa shape index (κ2) is 4.51. The monoisotopic (exact) mass is 266 g/mol. The predicted octanol–water partition coefficient (Wildman–Crippen LogP) is 1.69. The summed E-state index contributed by atoms with van der Waals surface area (Å²) in [6.07, 6.45) is 3.19. The summed E-state index contributed by atoms with van der Waals surface area (Å²) in [5.41, 5.74) is 2.02. The van der Waals surface area contributed by atoms with Gasteiger partial charge >= 0.3 is 0 Å². The lowest BCUT2D eigenvalue weighted by Gasteiger charge is -2.23. The van der Waals surface area contributed by atoms with Gasteiger partial charge in [0.15, 0.2) is 10.8 Å². The fourth-order valence-corrected chi connectivity index (χ4v) is 3.86. The van der Waals surface area contributed by atoms with Crippen molar-refractivity contribution in [2.45, 2.75) is 32.2 Å². The summed E-state index contributed by atoms with van der Waals surface area (Å²) in [6, 6.07) is 0.448. The molecule has 3 rings (SSSR count). The molecule has 0 bridgehead atoms. The molecule has 0 aromatic carbocycles. The summed E-state index contributed by atoms with van der Waals surface area (Å²) in [6.45, 7) is 3.34. The molecular weight excluding hydrogens is 248 g/mol. The Morgan fingerprint density at radius 3 is 3.06 bits per heavy atom. The summed E-state index contributed by atoms with van der Waals surface area (Å²) in [7, 11) is 1.94. The third-order valence-electron chi connectivity index (χ3n) is 3.62. The fourth-order valence-electron chi connectivity index (χ4n) is 2.73. The zero-order chi connectivity index (χ0) is 12.7. The molecule has 0 radical (unpaired) electrons. The molecule has 98 valence electrons. The molecule has 2 aromatic heterocycles. The zero-order valence-corrected chi connectivity index (χ0v) is 11.6. The molecule has 1 unspecified atom stereocenters. The van der Waals surface area contributed by atoms with Gasteiger partial charge < -0.3 is 10.0 Å². The average molecular weight is 266 g/mol. The van der Waals surface area contributed by atoms with Crippen LogP contribution in [0.3, 0.4) is 0 Å². The molecule has 18 heavy (non-hydrogen) atoms. The first-order valence-corrected chi connectivity index (χ1v) is 7.20. The van der Waals surface area contributed by atoms with Crippen LogP contribution >= 0.6 is 11.3 Å². The van der Waals surface area contributed by atoms with Crippen LogP contribution in [0, 0.1) is 6.92 Å². The number of hydrogen-bond donors (Lipinski definition) is 1. The Morgan fingerprint density at radius 2 is 2.33 bits per heavy atom. The maximum atomic E-state index is 9.12. The van der Waals surface area contributed by atoms with Gasteiger partial charge in [0.2, 0.25) is 0 Å². The number of aromatic nitrogens is 3. The molecule has 3 heterocycles. The van der Waals surface area contributed by atoms with Gasteiger partial charge in [-0.15, -0.1) is 0 Å². The number of thiazole rings is 1. The van der Waals surface area contributed by atoms with Crippen molar-refractivity contribution in [3.8, 4) is 0 Å². The summed E-state index contributed by atoms with van der Waals surface area (Å²) in [5, 5.41) is 14.6. The van der Waals surface area contributed by atoms with Crippen LogP contribution < -0.4 is 4.90 Å². The number of rotatable bonds is 3. The molecule has 6 heteroatoms. The van der Waals surface area contributed by atoms with Gasteiger partial charge in [-0.25, -0.2) is 9.67 Å². The number of aryl methyl sites for hydroxylation is 2. The Kier molecular flexibility index (Phi) is 2.99. The summed E-state index contributed by atoms with van der Waals surface area (Å²) in [4.78, 5) is 7.06. The van der Waals surface area contributed by atoms with Crippen molar-refractivity contribution in [3.63, 3.8) is 0 Å². The fraction of sp³-hybridized carbons (Fsp3) is 0.667. The highest BCUT2D eigenvalue weighted by Crippen LogP contribution is 2.35. The third kappa shape index (κ3) is 1.80. The topological polar surface area (TPSA) is 54.2 Å². The molecule has 0 saturated carbocycles. The van der Waals surface area contributed by atoms with E-state index in [-0.39, 0.29) is 6.61 Å². The Morgan fingerprint density at radius 1 is 1.50 bits per heavy atom. The van der Waals surface area contributed by atoms with E-state index >= 15 is 0 Å². The standard InChI is InChI=1S/C12H18N4OS/c1-8-10-11(15(2)14-8)13-12(18-10)16-6-3-4-9(16)5-7-17/h9,17H,3-7H2,1-2H3. The van der Waals surface area contributed by atoms with E-state index in [4.69, 9.17) is 10.1 Å². The SMILES string of the molecule is Cc1nn(C)c2nc(N3CCCC3CCO)sc12. The molecule has 1 saturated heterocycles. The van der Waals surface area contributed by atoms with Crippen LogP contribution in [0.1, 0.15) is 25.0 Å². The molecule has 1 fully saturated rings. The van der Waals surface area contributed by atoms with Crippen LogP contribution in [0.15, 0.2) is 0 Å². The lowest BCUT2D eigenvalue weighted by atomic mass is 10.2. The first-order valence-electron chi connectivity index (χ1n) is 6.38. The first kappa shape index (κ1) is 11.9. The Bertz CT molecular complexity index is 527. The highest BCUT2D eigenvalue weighted by molar-refractivity contribution is 7.22. The second-order valence-corrected chi connectivity index (χ2v) is 5.84. The van der Waals surface area contributed by atoms with Crippen molar-refractivity contribution < 1.29 is 5.11 Å². The molecule has 1 aliphatic rings. The van der Waals surface area contributed by atoms with Gasteiger partial charge in [-0.3, -0.25) is 0 Å². The van der Waals surface area contributed by atoms with Crippen molar-refractivity contribution in [2.24, 2.45) is 7.05 Å². The van der Waals surface area contributed by atoms with E-state index in [0.29, 0.717) is 6.04 Å². The lowest BCUT2D eigenvalue weighted by molar-refractivity contribution is 0.276. The van der Waals surface area contributed by atoms with E-state index in [1.807, 2.05) is 18.7 Å². The van der Waals surface area contributed by atoms with Gasteiger partial charge in [0.1, 0.15) is 0 Å². The van der Waals surface area contributed by atoms with Crippen molar-refractivity contribution in [3.05, 3.63) is 5.69 Å². The average Bonchev–Trinajstić information content (AvgIpc) is 2.98. The first-order chi connectivity index (χ1) is 8.70. The maximum absolute atomic E-state index is 9.12. The normalized spacial score (nSPS) is 20.2. The van der Waals surface area contributed by atoms with Crippen LogP contribution in [0.5, 0.6) is 0 Å². The van der Waals surface area contributed by atoms with E-state index in [1.165, 1.54) is 11.1 Å². The molecule has 1 atom stereocenters. The van der Waals surface area contributed by atoms with Crippen LogP contribution in [0.4, 0.5) is 5.13 Å². The largest absolute Gasteiger partial charge is 0.396 e. The van der Waals surface area contributed by atoms with E-state index in [2.05, 4.69) is 10.00 Å². The molecule has 2 aromatic rings. The minimum Gasteiger partial charge on any atom is -0.396 e. The number of anilines is 1. The predicted molar refractivity (Wildman–Crippen MR) is 73.2 cm³/mol. The van der Waals surface area contributed by atoms with E-state index in [1.54, 1.807) is 11.3 Å². The summed E-state index contributed by atoms with van der Waals surface area (Å²) >= 11 is 1.72. The summed E-state index contributed by atoms with van der Waals surface area (Å²) < 4.78 is 3.03. The number of hydrogen-bond acceptors (Lipinski definition) is 5. The van der Waals surface area contributed by atoms with E-state index < -0.39 is 0 Å². The highest BCUT2D eigenvalue weighted by Gasteiger charge is 2.27. The van der Waals surface area contributed by atoms with Gasteiger partial charge in [0.25, 0.3) is 0 Å². The molecular formula is C12H18N4OS. The van der Waals surface area contributed by atoms with Crippen molar-refractivity contribution in [1.82, 2.24) is 14.8 Å². The number of fused-ring (bicyclic) bond motifs is 1. The van der Waals surface area contributed by atoms with Crippen molar-refractivity contribution in [2.75, 3.05) is 18.1 Å². The van der Waals surface area contributed by atoms with Gasteiger partial charge in [-0.1, -0.05) is 11.3 Å². The highest BCUT2D eigenvalue weighted by atomic mass is 32.1. The van der Waals surface area contributed by atoms with Gasteiger partial charge in [0, 0.05) is 26.2 Å². The molecule has 0 aliphatic carbocycles. The minimum atomic E-state index is 0.257. The quantitative estimate of drug-likeness (QED) is 0.918. The van der Waals surface area contributed by atoms with Gasteiger partial charge in [-0.05, 0) is 26.2 Å². The Balaban J connectivity index is 1.96. The van der Waals surface area contributed by atoms with E-state index in [9.17, 15) is 0 Å². The van der Waals surface area contributed by atoms with Crippen LogP contribution in [0.2, 0.25) is 0 Å². The molecule has 5 nitrogen and oxygen atoms in total. The second-order valence-electron chi connectivity index (χ2n) is 4.86. The maximum Gasteiger partial charge on any atom is 0.188 e. The number of nitrogens with zero attached hydrogens (tertiary/aromatic N) is 4. The molecule has 0 spiro atoms. The van der Waals surface area contributed by atoms with Crippen LogP contribution in [0.25, 0.3) is 10.3 Å². The van der Waals surface area contributed by atoms with Crippen LogP contribution in [-0.2, 0) is 7.05 Å². The Hall–Kier alpha value is -1.14. The molecule has 0 amide bonds. The molecule has 1 aliphatic heterocycles. The van der Waals surface area contributed by atoms with Gasteiger partial charge in [-0.2, -0.15) is 5.10 Å². The Labute approximate surface area is 110 Å². The minimum absolute atomic E-state index is 0.257. The summed E-state index contributed by atoms with van der Waals surface area (Å²) in [5.74, 6) is 0. The van der Waals surface area contributed by atoms with Crippen molar-refractivity contribution >= 4 is 26.8 Å². The third-order valence-corrected chi connectivity index (χ3v) is 4.81. The van der Waals surface area contributed by atoms with Crippen LogP contribution in [-0.4, -0.2) is 39.1 Å². The number of aliphatic hydroxyl groups is 1.